The summed E-state index contributed by atoms with van der Waals surface area (Å²) in [4.78, 5) is 2.33. The van der Waals surface area contributed by atoms with Gasteiger partial charge in [-0.3, -0.25) is 0 Å². The van der Waals surface area contributed by atoms with E-state index in [-0.39, 0.29) is 0 Å². The Morgan fingerprint density at radius 3 is 2.21 bits per heavy atom. The van der Waals surface area contributed by atoms with Crippen molar-refractivity contribution in [1.82, 2.24) is 0 Å². The van der Waals surface area contributed by atoms with Crippen LogP contribution in [0.3, 0.4) is 0 Å². The lowest BCUT2D eigenvalue weighted by Gasteiger charge is -2.14. The maximum atomic E-state index is 5.44. The lowest BCUT2D eigenvalue weighted by molar-refractivity contribution is 1.40. The summed E-state index contributed by atoms with van der Waals surface area (Å²) >= 11 is 7.16. The van der Waals surface area contributed by atoms with Crippen molar-refractivity contribution in [1.29, 1.82) is 0 Å². The van der Waals surface area contributed by atoms with Crippen LogP contribution in [0.2, 0.25) is 0 Å². The minimum atomic E-state index is 0.583. The van der Waals surface area contributed by atoms with Gasteiger partial charge in [0.05, 0.1) is 5.69 Å². The Labute approximate surface area is 152 Å². The van der Waals surface area contributed by atoms with Gasteiger partial charge < -0.3 is 10.6 Å². The molecule has 0 heterocycles. The largest absolute Gasteiger partial charge is 0.332 e. The zero-order valence-corrected chi connectivity index (χ0v) is 15.0. The predicted molar refractivity (Wildman–Crippen MR) is 108 cm³/mol. The third-order valence-electron chi connectivity index (χ3n) is 3.42. The minimum absolute atomic E-state index is 0.583. The summed E-state index contributed by atoms with van der Waals surface area (Å²) < 4.78 is 0. The molecule has 0 unspecified atom stereocenters. The van der Waals surface area contributed by atoms with E-state index in [2.05, 4.69) is 47.9 Å². The van der Waals surface area contributed by atoms with Crippen LogP contribution in [0.1, 0.15) is 5.56 Å². The van der Waals surface area contributed by atoms with Gasteiger partial charge in [-0.15, -0.1) is 0 Å². The van der Waals surface area contributed by atoms with Gasteiger partial charge in [-0.05, 0) is 55.5 Å². The highest BCUT2D eigenvalue weighted by Crippen LogP contribution is 2.33. The lowest BCUT2D eigenvalue weighted by atomic mass is 10.2. The fraction of sp³-hybridized carbons (Fsp3) is 0.0500. The van der Waals surface area contributed by atoms with Crippen molar-refractivity contribution in [3.05, 3.63) is 84.4 Å². The molecule has 2 nitrogen and oxygen atoms in total. The van der Waals surface area contributed by atoms with Crippen molar-refractivity contribution < 1.29 is 0 Å². The quantitative estimate of drug-likeness (QED) is 0.567. The van der Waals surface area contributed by atoms with Gasteiger partial charge in [-0.2, -0.15) is 0 Å². The molecule has 0 radical (unpaired) electrons. The number of aryl methyl sites for hydroxylation is 1. The SMILES string of the molecule is Cc1ccc(NC(=S)Nc2ccccc2Sc2ccccc2)cc1. The van der Waals surface area contributed by atoms with E-state index in [1.807, 2.05) is 48.5 Å². The molecule has 0 amide bonds. The molecule has 4 heteroatoms. The van der Waals surface area contributed by atoms with Crippen LogP contribution in [0.5, 0.6) is 0 Å². The molecule has 2 N–H and O–H groups in total. The van der Waals surface area contributed by atoms with Gasteiger partial charge in [0.15, 0.2) is 5.11 Å². The van der Waals surface area contributed by atoms with Crippen LogP contribution in [-0.2, 0) is 0 Å². The number of para-hydroxylation sites is 1. The van der Waals surface area contributed by atoms with Gasteiger partial charge in [0.2, 0.25) is 0 Å². The Kier molecular flexibility index (Phi) is 5.51. The number of benzene rings is 3. The molecule has 3 aromatic carbocycles. The van der Waals surface area contributed by atoms with E-state index in [0.29, 0.717) is 5.11 Å². The molecule has 24 heavy (non-hydrogen) atoms. The van der Waals surface area contributed by atoms with Gasteiger partial charge in [-0.25, -0.2) is 0 Å². The van der Waals surface area contributed by atoms with Crippen molar-refractivity contribution in [3.8, 4) is 0 Å². The van der Waals surface area contributed by atoms with E-state index >= 15 is 0 Å². The van der Waals surface area contributed by atoms with E-state index in [9.17, 15) is 0 Å². The summed E-state index contributed by atoms with van der Waals surface area (Å²) in [6.45, 7) is 2.07. The summed E-state index contributed by atoms with van der Waals surface area (Å²) in [7, 11) is 0. The molecule has 0 aliphatic rings. The van der Waals surface area contributed by atoms with Crippen molar-refractivity contribution in [3.63, 3.8) is 0 Å². The Bertz CT molecular complexity index is 815. The molecular formula is C20H18N2S2. The third kappa shape index (κ3) is 4.60. The van der Waals surface area contributed by atoms with Gasteiger partial charge in [0.1, 0.15) is 0 Å². The molecule has 0 aliphatic heterocycles. The summed E-state index contributed by atoms with van der Waals surface area (Å²) in [5.74, 6) is 0. The molecule has 0 spiro atoms. The molecule has 0 saturated heterocycles. The first kappa shape index (κ1) is 16.6. The molecule has 0 aliphatic carbocycles. The van der Waals surface area contributed by atoms with Crippen molar-refractivity contribution >= 4 is 40.5 Å². The van der Waals surface area contributed by atoms with E-state index in [0.717, 1.165) is 16.3 Å². The van der Waals surface area contributed by atoms with E-state index < -0.39 is 0 Å². The highest BCUT2D eigenvalue weighted by Gasteiger charge is 2.06. The molecular weight excluding hydrogens is 332 g/mol. The second-order valence-corrected chi connectivity index (χ2v) is 6.88. The van der Waals surface area contributed by atoms with E-state index in [1.165, 1.54) is 10.5 Å². The zero-order valence-electron chi connectivity index (χ0n) is 13.3. The van der Waals surface area contributed by atoms with Gasteiger partial charge >= 0.3 is 0 Å². The van der Waals surface area contributed by atoms with Gasteiger partial charge in [-0.1, -0.05) is 59.8 Å². The summed E-state index contributed by atoms with van der Waals surface area (Å²) in [5, 5.41) is 7.10. The molecule has 0 bridgehead atoms. The number of nitrogens with one attached hydrogen (secondary N) is 2. The number of hydrogen-bond donors (Lipinski definition) is 2. The molecule has 120 valence electrons. The lowest BCUT2D eigenvalue weighted by Crippen LogP contribution is -2.19. The van der Waals surface area contributed by atoms with Crippen LogP contribution in [0.25, 0.3) is 0 Å². The predicted octanol–water partition coefficient (Wildman–Crippen LogP) is 5.96. The Morgan fingerprint density at radius 1 is 0.792 bits per heavy atom. The standard InChI is InChI=1S/C20H18N2S2/c1-15-11-13-16(14-12-15)21-20(23)22-18-9-5-6-10-19(18)24-17-7-3-2-4-8-17/h2-14H,1H3,(H2,21,22,23). The fourth-order valence-electron chi connectivity index (χ4n) is 2.20. The molecule has 0 saturated carbocycles. The first-order valence-electron chi connectivity index (χ1n) is 7.67. The fourth-order valence-corrected chi connectivity index (χ4v) is 3.35. The Morgan fingerprint density at radius 2 is 1.46 bits per heavy atom. The van der Waals surface area contributed by atoms with Crippen LogP contribution in [0.15, 0.2) is 88.7 Å². The summed E-state index contributed by atoms with van der Waals surface area (Å²) in [6.07, 6.45) is 0. The van der Waals surface area contributed by atoms with Crippen LogP contribution < -0.4 is 10.6 Å². The molecule has 0 atom stereocenters. The van der Waals surface area contributed by atoms with E-state index in [1.54, 1.807) is 11.8 Å². The first-order chi connectivity index (χ1) is 11.7. The van der Waals surface area contributed by atoms with Gasteiger partial charge in [0, 0.05) is 15.5 Å². The average Bonchev–Trinajstić information content (AvgIpc) is 2.60. The molecule has 0 fully saturated rings. The second-order valence-electron chi connectivity index (χ2n) is 5.36. The smallest absolute Gasteiger partial charge is 0.175 e. The molecule has 3 aromatic rings. The maximum absolute atomic E-state index is 5.44. The maximum Gasteiger partial charge on any atom is 0.175 e. The van der Waals surface area contributed by atoms with Crippen LogP contribution in [-0.4, -0.2) is 5.11 Å². The highest BCUT2D eigenvalue weighted by molar-refractivity contribution is 7.99. The van der Waals surface area contributed by atoms with Crippen LogP contribution >= 0.6 is 24.0 Å². The number of rotatable bonds is 4. The molecule has 3 rings (SSSR count). The zero-order chi connectivity index (χ0) is 16.8. The third-order valence-corrected chi connectivity index (χ3v) is 4.70. The minimum Gasteiger partial charge on any atom is -0.332 e. The Hall–Kier alpha value is -2.30. The summed E-state index contributed by atoms with van der Waals surface area (Å²) in [5.41, 5.74) is 3.20. The highest BCUT2D eigenvalue weighted by atomic mass is 32.2. The van der Waals surface area contributed by atoms with Gasteiger partial charge in [0.25, 0.3) is 0 Å². The van der Waals surface area contributed by atoms with Crippen molar-refractivity contribution in [2.24, 2.45) is 0 Å². The second kappa shape index (κ2) is 7.99. The topological polar surface area (TPSA) is 24.1 Å². The van der Waals surface area contributed by atoms with Crippen LogP contribution in [0.4, 0.5) is 11.4 Å². The number of hydrogen-bond acceptors (Lipinski definition) is 2. The molecule has 0 aromatic heterocycles. The monoisotopic (exact) mass is 350 g/mol. The average molecular weight is 351 g/mol. The number of thiocarbonyl (C=S) groups is 1. The summed E-state index contributed by atoms with van der Waals surface area (Å²) in [6, 6.07) is 26.6. The normalized spacial score (nSPS) is 10.2. The van der Waals surface area contributed by atoms with Crippen molar-refractivity contribution in [2.45, 2.75) is 16.7 Å². The van der Waals surface area contributed by atoms with Crippen LogP contribution in [0, 0.1) is 6.92 Å². The first-order valence-corrected chi connectivity index (χ1v) is 8.90. The van der Waals surface area contributed by atoms with E-state index in [4.69, 9.17) is 12.2 Å². The van der Waals surface area contributed by atoms with Crippen molar-refractivity contribution in [2.75, 3.05) is 10.6 Å². The number of anilines is 2. The Balaban J connectivity index is 1.70.